The summed E-state index contributed by atoms with van der Waals surface area (Å²) in [6.45, 7) is -0.165. The van der Waals surface area contributed by atoms with Gasteiger partial charge in [-0.25, -0.2) is 10.4 Å². The van der Waals surface area contributed by atoms with Gasteiger partial charge in [-0.1, -0.05) is 60.7 Å². The molecule has 4 aromatic carbocycles. The van der Waals surface area contributed by atoms with Crippen LogP contribution in [0, 0.1) is 0 Å². The summed E-state index contributed by atoms with van der Waals surface area (Å²) in [4.78, 5) is 29.5. The number of aromatic nitrogens is 1. The molecule has 0 atom stereocenters. The van der Waals surface area contributed by atoms with Crippen molar-refractivity contribution < 1.29 is 14.3 Å². The van der Waals surface area contributed by atoms with Gasteiger partial charge in [-0.15, -0.1) is 11.3 Å². The molecule has 0 saturated carbocycles. The molecular formula is C31H25N5O3S. The summed E-state index contributed by atoms with van der Waals surface area (Å²) in [6, 6.07) is 33.3. The molecule has 0 fully saturated rings. The van der Waals surface area contributed by atoms with E-state index in [4.69, 9.17) is 4.74 Å². The number of ether oxygens (including phenoxy) is 1. The number of rotatable bonds is 10. The van der Waals surface area contributed by atoms with Crippen LogP contribution in [0.3, 0.4) is 0 Å². The standard InChI is InChI=1S/C31H25N5O3S/c37-29(33-25-10-3-1-4-11-25)20-39-28-14-8-7-9-24(28)19-32-36-30(38)23-17-15-22(16-18-23)27-21-40-31(35-27)34-26-12-5-2-6-13-26/h1-19,21H,20H2,(H,33,37)(H,34,35)(H,36,38)/b32-19+. The van der Waals surface area contributed by atoms with Gasteiger partial charge in [0.1, 0.15) is 5.75 Å². The molecule has 5 aromatic rings. The summed E-state index contributed by atoms with van der Waals surface area (Å²) in [6.07, 6.45) is 1.48. The van der Waals surface area contributed by atoms with E-state index in [-0.39, 0.29) is 18.4 Å². The zero-order valence-corrected chi connectivity index (χ0v) is 22.1. The largest absolute Gasteiger partial charge is 0.483 e. The number of carbonyl (C=O) groups is 2. The quantitative estimate of drug-likeness (QED) is 0.140. The Bertz CT molecular complexity index is 1600. The van der Waals surface area contributed by atoms with E-state index in [1.807, 2.05) is 72.1 Å². The second-order valence-corrected chi connectivity index (χ2v) is 9.40. The molecule has 0 spiro atoms. The second kappa shape index (κ2) is 13.0. The first-order chi connectivity index (χ1) is 19.6. The van der Waals surface area contributed by atoms with Crippen molar-refractivity contribution in [3.63, 3.8) is 0 Å². The van der Waals surface area contributed by atoms with Crippen molar-refractivity contribution in [1.29, 1.82) is 0 Å². The number of carbonyl (C=O) groups excluding carboxylic acids is 2. The van der Waals surface area contributed by atoms with Crippen molar-refractivity contribution in [3.05, 3.63) is 126 Å². The molecule has 8 nitrogen and oxygen atoms in total. The maximum atomic E-state index is 12.6. The minimum atomic E-state index is -0.354. The molecule has 2 amide bonds. The predicted molar refractivity (Wildman–Crippen MR) is 159 cm³/mol. The normalized spacial score (nSPS) is 10.7. The zero-order chi connectivity index (χ0) is 27.6. The summed E-state index contributed by atoms with van der Waals surface area (Å²) < 4.78 is 5.68. The number of hydrogen-bond acceptors (Lipinski definition) is 7. The maximum absolute atomic E-state index is 12.6. The van der Waals surface area contributed by atoms with Gasteiger partial charge in [-0.05, 0) is 48.5 Å². The molecule has 198 valence electrons. The molecule has 3 N–H and O–H groups in total. The number of para-hydroxylation sites is 3. The molecule has 0 aliphatic rings. The highest BCUT2D eigenvalue weighted by Crippen LogP contribution is 2.27. The number of anilines is 3. The van der Waals surface area contributed by atoms with Crippen LogP contribution in [0.2, 0.25) is 0 Å². The zero-order valence-electron chi connectivity index (χ0n) is 21.3. The van der Waals surface area contributed by atoms with E-state index in [0.29, 0.717) is 22.6 Å². The van der Waals surface area contributed by atoms with Gasteiger partial charge in [0, 0.05) is 33.4 Å². The highest BCUT2D eigenvalue weighted by atomic mass is 32.1. The monoisotopic (exact) mass is 547 g/mol. The third-order valence-corrected chi connectivity index (χ3v) is 6.43. The van der Waals surface area contributed by atoms with Crippen LogP contribution in [-0.4, -0.2) is 29.6 Å². The van der Waals surface area contributed by atoms with Crippen molar-refractivity contribution in [2.45, 2.75) is 0 Å². The van der Waals surface area contributed by atoms with E-state index in [0.717, 1.165) is 22.1 Å². The Hall–Kier alpha value is -5.28. The average molecular weight is 548 g/mol. The van der Waals surface area contributed by atoms with Crippen LogP contribution in [0.25, 0.3) is 11.3 Å². The summed E-state index contributed by atoms with van der Waals surface area (Å²) in [5.41, 5.74) is 7.00. The van der Waals surface area contributed by atoms with Crippen LogP contribution < -0.4 is 20.8 Å². The molecule has 0 saturated heterocycles. The van der Waals surface area contributed by atoms with Crippen molar-refractivity contribution in [2.24, 2.45) is 5.10 Å². The van der Waals surface area contributed by atoms with E-state index in [9.17, 15) is 9.59 Å². The molecule has 5 rings (SSSR count). The number of amides is 2. The van der Waals surface area contributed by atoms with Crippen LogP contribution in [0.4, 0.5) is 16.5 Å². The van der Waals surface area contributed by atoms with E-state index >= 15 is 0 Å². The number of benzene rings is 4. The van der Waals surface area contributed by atoms with Gasteiger partial charge < -0.3 is 15.4 Å². The lowest BCUT2D eigenvalue weighted by atomic mass is 10.1. The van der Waals surface area contributed by atoms with E-state index < -0.39 is 0 Å². The second-order valence-electron chi connectivity index (χ2n) is 8.55. The summed E-state index contributed by atoms with van der Waals surface area (Å²) in [5.74, 6) is -0.165. The molecule has 1 aromatic heterocycles. The van der Waals surface area contributed by atoms with Gasteiger partial charge >= 0.3 is 0 Å². The van der Waals surface area contributed by atoms with Crippen LogP contribution >= 0.6 is 11.3 Å². The summed E-state index contributed by atoms with van der Waals surface area (Å²) in [5, 5.41) is 12.9. The minimum Gasteiger partial charge on any atom is -0.483 e. The predicted octanol–water partition coefficient (Wildman–Crippen LogP) is 6.34. The Morgan fingerprint density at radius 1 is 0.825 bits per heavy atom. The Balaban J connectivity index is 1.15. The van der Waals surface area contributed by atoms with E-state index in [1.54, 1.807) is 42.5 Å². The van der Waals surface area contributed by atoms with E-state index in [1.165, 1.54) is 17.6 Å². The molecule has 0 bridgehead atoms. The molecule has 1 heterocycles. The number of hydrazone groups is 1. The Kier molecular flexibility index (Phi) is 8.55. The highest BCUT2D eigenvalue weighted by molar-refractivity contribution is 7.14. The molecule has 0 radical (unpaired) electrons. The fourth-order valence-electron chi connectivity index (χ4n) is 3.71. The van der Waals surface area contributed by atoms with Gasteiger partial charge in [-0.3, -0.25) is 9.59 Å². The Labute approximate surface area is 235 Å². The van der Waals surface area contributed by atoms with Crippen molar-refractivity contribution in [2.75, 3.05) is 17.2 Å². The van der Waals surface area contributed by atoms with Crippen LogP contribution in [0.15, 0.2) is 120 Å². The third-order valence-electron chi connectivity index (χ3n) is 5.68. The molecule has 40 heavy (non-hydrogen) atoms. The molecule has 9 heteroatoms. The first-order valence-corrected chi connectivity index (χ1v) is 13.3. The van der Waals surface area contributed by atoms with Crippen molar-refractivity contribution in [3.8, 4) is 17.0 Å². The number of hydrogen-bond donors (Lipinski definition) is 3. The van der Waals surface area contributed by atoms with Gasteiger partial charge in [0.2, 0.25) is 0 Å². The minimum absolute atomic E-state index is 0.165. The average Bonchev–Trinajstić information content (AvgIpc) is 3.46. The van der Waals surface area contributed by atoms with Gasteiger partial charge in [0.15, 0.2) is 11.7 Å². The number of nitrogens with zero attached hydrogens (tertiary/aromatic N) is 2. The smallest absolute Gasteiger partial charge is 0.271 e. The SMILES string of the molecule is O=C(COc1ccccc1/C=N/NC(=O)c1ccc(-c2csc(Nc3ccccc3)n2)cc1)Nc1ccccc1. The van der Waals surface area contributed by atoms with Crippen LogP contribution in [0.1, 0.15) is 15.9 Å². The van der Waals surface area contributed by atoms with Crippen molar-refractivity contribution in [1.82, 2.24) is 10.4 Å². The maximum Gasteiger partial charge on any atom is 0.271 e. The fourth-order valence-corrected chi connectivity index (χ4v) is 4.45. The van der Waals surface area contributed by atoms with Crippen molar-refractivity contribution >= 4 is 45.9 Å². The lowest BCUT2D eigenvalue weighted by molar-refractivity contribution is -0.118. The fraction of sp³-hybridized carbons (Fsp3) is 0.0323. The Morgan fingerprint density at radius 2 is 1.50 bits per heavy atom. The highest BCUT2D eigenvalue weighted by Gasteiger charge is 2.09. The van der Waals surface area contributed by atoms with Crippen LogP contribution in [-0.2, 0) is 4.79 Å². The molecule has 0 aliphatic carbocycles. The first kappa shape index (κ1) is 26.3. The lowest BCUT2D eigenvalue weighted by Crippen LogP contribution is -2.20. The van der Waals surface area contributed by atoms with Gasteiger partial charge in [-0.2, -0.15) is 5.10 Å². The lowest BCUT2D eigenvalue weighted by Gasteiger charge is -2.09. The summed E-state index contributed by atoms with van der Waals surface area (Å²) in [7, 11) is 0. The first-order valence-electron chi connectivity index (χ1n) is 12.4. The number of thiazole rings is 1. The Morgan fingerprint density at radius 3 is 2.25 bits per heavy atom. The molecular weight excluding hydrogens is 522 g/mol. The van der Waals surface area contributed by atoms with E-state index in [2.05, 4.69) is 26.1 Å². The number of nitrogens with one attached hydrogen (secondary N) is 3. The molecule has 0 unspecified atom stereocenters. The van der Waals surface area contributed by atoms with Gasteiger partial charge in [0.05, 0.1) is 11.9 Å². The third kappa shape index (κ3) is 7.18. The van der Waals surface area contributed by atoms with Gasteiger partial charge in [0.25, 0.3) is 11.8 Å². The van der Waals surface area contributed by atoms with Crippen LogP contribution in [0.5, 0.6) is 5.75 Å². The topological polar surface area (TPSA) is 105 Å². The summed E-state index contributed by atoms with van der Waals surface area (Å²) >= 11 is 1.51. The molecule has 0 aliphatic heterocycles.